The van der Waals surface area contributed by atoms with Crippen molar-refractivity contribution in [1.82, 2.24) is 20.2 Å². The molecule has 8 nitrogen and oxygen atoms in total. The molecular weight excluding hydrogens is 475 g/mol. The molecule has 0 N–H and O–H groups in total. The Hall–Kier alpha value is -2.68. The summed E-state index contributed by atoms with van der Waals surface area (Å²) in [7, 11) is 0. The molecule has 0 spiro atoms. The maximum absolute atomic E-state index is 12.5. The van der Waals surface area contributed by atoms with Crippen molar-refractivity contribution in [2.45, 2.75) is 25.8 Å². The zero-order valence-corrected chi connectivity index (χ0v) is 19.2. The maximum Gasteiger partial charge on any atom is 0.367 e. The third-order valence-corrected chi connectivity index (χ3v) is 5.74. The number of carbonyl (C=O) groups excluding carboxylic acids is 1. The lowest BCUT2D eigenvalue weighted by molar-refractivity contribution is 0.0515. The van der Waals surface area contributed by atoms with Crippen LogP contribution in [0.5, 0.6) is 0 Å². The Morgan fingerprint density at radius 1 is 1.00 bits per heavy atom. The highest BCUT2D eigenvalue weighted by molar-refractivity contribution is 6.36. The highest BCUT2D eigenvalue weighted by Gasteiger charge is 2.18. The van der Waals surface area contributed by atoms with Crippen molar-refractivity contribution in [3.63, 3.8) is 0 Å². The molecule has 3 aromatic rings. The van der Waals surface area contributed by atoms with Gasteiger partial charge in [-0.2, -0.15) is 4.80 Å². The van der Waals surface area contributed by atoms with Crippen LogP contribution in [0.25, 0.3) is 0 Å². The number of benzene rings is 2. The standard InChI is InChI=1S/C21H19Cl3N6O2/c22-15-6-4-14(5-7-15)19(27-32-20(31)17-9-8-16(23)12-18(17)24)13-30-26-21(25-28-30)29-10-2-1-3-11-29/h4-9,12H,1-3,10-11,13H2/b27-19-. The van der Waals surface area contributed by atoms with Crippen LogP contribution in [0.1, 0.15) is 35.2 Å². The normalized spacial score (nSPS) is 14.5. The summed E-state index contributed by atoms with van der Waals surface area (Å²) < 4.78 is 0. The molecule has 1 fully saturated rings. The van der Waals surface area contributed by atoms with Gasteiger partial charge in [0.25, 0.3) is 5.95 Å². The van der Waals surface area contributed by atoms with Crippen molar-refractivity contribution in [1.29, 1.82) is 0 Å². The first-order valence-electron chi connectivity index (χ1n) is 10.0. The largest absolute Gasteiger partial charge is 0.367 e. The number of piperidine rings is 1. The molecule has 1 aromatic heterocycles. The van der Waals surface area contributed by atoms with Gasteiger partial charge in [0.2, 0.25) is 0 Å². The van der Waals surface area contributed by atoms with Crippen LogP contribution in [0.15, 0.2) is 47.6 Å². The lowest BCUT2D eigenvalue weighted by Gasteiger charge is -2.24. The van der Waals surface area contributed by atoms with E-state index in [0.29, 0.717) is 27.3 Å². The summed E-state index contributed by atoms with van der Waals surface area (Å²) in [5.74, 6) is -0.135. The third kappa shape index (κ3) is 5.56. The van der Waals surface area contributed by atoms with Crippen LogP contribution >= 0.6 is 34.8 Å². The van der Waals surface area contributed by atoms with E-state index in [1.807, 2.05) is 0 Å². The number of nitrogens with zero attached hydrogens (tertiary/aromatic N) is 6. The van der Waals surface area contributed by atoms with Crippen LogP contribution in [0, 0.1) is 0 Å². The summed E-state index contributed by atoms with van der Waals surface area (Å²) in [6.07, 6.45) is 3.42. The van der Waals surface area contributed by atoms with Gasteiger partial charge in [0.1, 0.15) is 12.3 Å². The lowest BCUT2D eigenvalue weighted by atomic mass is 10.1. The first-order valence-corrected chi connectivity index (χ1v) is 11.1. The molecular formula is C21H19Cl3N6O2. The van der Waals surface area contributed by atoms with Gasteiger partial charge in [-0.1, -0.05) is 57.2 Å². The summed E-state index contributed by atoms with van der Waals surface area (Å²) in [6.45, 7) is 1.96. The molecule has 0 amide bonds. The molecule has 1 aliphatic rings. The topological polar surface area (TPSA) is 85.5 Å². The second-order valence-corrected chi connectivity index (χ2v) is 8.50. The molecule has 1 aliphatic heterocycles. The third-order valence-electron chi connectivity index (χ3n) is 4.94. The lowest BCUT2D eigenvalue weighted by Crippen LogP contribution is -2.30. The van der Waals surface area contributed by atoms with Crippen molar-refractivity contribution < 1.29 is 9.63 Å². The number of hydrogen-bond donors (Lipinski definition) is 0. The molecule has 0 aliphatic carbocycles. The Kier molecular flexibility index (Phi) is 7.24. The van der Waals surface area contributed by atoms with Crippen molar-refractivity contribution in [3.8, 4) is 0 Å². The second-order valence-electron chi connectivity index (χ2n) is 7.22. The molecule has 2 aromatic carbocycles. The van der Waals surface area contributed by atoms with Crippen LogP contribution in [0.2, 0.25) is 15.1 Å². The Labute approximate surface area is 199 Å². The van der Waals surface area contributed by atoms with Crippen LogP contribution in [-0.2, 0) is 11.4 Å². The second kappa shape index (κ2) is 10.3. The molecule has 0 radical (unpaired) electrons. The Bertz CT molecular complexity index is 1130. The van der Waals surface area contributed by atoms with Gasteiger partial charge in [0.05, 0.1) is 10.6 Å². The van der Waals surface area contributed by atoms with E-state index in [1.165, 1.54) is 23.4 Å². The molecule has 2 heterocycles. The minimum absolute atomic E-state index is 0.143. The fourth-order valence-electron chi connectivity index (χ4n) is 3.27. The van der Waals surface area contributed by atoms with Gasteiger partial charge in [-0.15, -0.1) is 5.10 Å². The predicted molar refractivity (Wildman–Crippen MR) is 124 cm³/mol. The van der Waals surface area contributed by atoms with E-state index in [0.717, 1.165) is 25.9 Å². The zero-order chi connectivity index (χ0) is 22.5. The van der Waals surface area contributed by atoms with E-state index >= 15 is 0 Å². The number of anilines is 1. The zero-order valence-electron chi connectivity index (χ0n) is 16.9. The maximum atomic E-state index is 12.5. The van der Waals surface area contributed by atoms with E-state index in [2.05, 4.69) is 25.5 Å². The predicted octanol–water partition coefficient (Wildman–Crippen LogP) is 4.88. The van der Waals surface area contributed by atoms with Crippen LogP contribution in [-0.4, -0.2) is 45.0 Å². The minimum Gasteiger partial charge on any atom is -0.338 e. The van der Waals surface area contributed by atoms with Crippen molar-refractivity contribution in [2.24, 2.45) is 5.16 Å². The SMILES string of the molecule is O=C(O/N=C(/Cn1nnc(N2CCCCC2)n1)c1ccc(Cl)cc1)c1ccc(Cl)cc1Cl. The van der Waals surface area contributed by atoms with Crippen LogP contribution in [0.4, 0.5) is 5.95 Å². The highest BCUT2D eigenvalue weighted by Crippen LogP contribution is 2.22. The Morgan fingerprint density at radius 2 is 1.72 bits per heavy atom. The fourth-order valence-corrected chi connectivity index (χ4v) is 3.88. The molecule has 0 unspecified atom stereocenters. The Balaban J connectivity index is 1.55. The average Bonchev–Trinajstić information content (AvgIpc) is 3.26. The van der Waals surface area contributed by atoms with E-state index in [1.54, 1.807) is 30.3 Å². The molecule has 4 rings (SSSR count). The molecule has 0 saturated carbocycles. The van der Waals surface area contributed by atoms with E-state index in [-0.39, 0.29) is 17.1 Å². The minimum atomic E-state index is -0.710. The van der Waals surface area contributed by atoms with Crippen molar-refractivity contribution in [2.75, 3.05) is 18.0 Å². The van der Waals surface area contributed by atoms with Gasteiger partial charge >= 0.3 is 5.97 Å². The van der Waals surface area contributed by atoms with E-state index in [9.17, 15) is 4.79 Å². The van der Waals surface area contributed by atoms with Crippen molar-refractivity contribution >= 4 is 52.4 Å². The van der Waals surface area contributed by atoms with Crippen LogP contribution in [0.3, 0.4) is 0 Å². The van der Waals surface area contributed by atoms with E-state index < -0.39 is 5.97 Å². The number of hydrogen-bond acceptors (Lipinski definition) is 7. The highest BCUT2D eigenvalue weighted by atomic mass is 35.5. The van der Waals surface area contributed by atoms with Gasteiger partial charge in [0, 0.05) is 28.7 Å². The summed E-state index contributed by atoms with van der Waals surface area (Å²) in [5, 5.41) is 18.0. The Morgan fingerprint density at radius 3 is 2.44 bits per heavy atom. The van der Waals surface area contributed by atoms with Gasteiger partial charge < -0.3 is 9.74 Å². The first kappa shape index (κ1) is 22.5. The average molecular weight is 494 g/mol. The molecule has 1 saturated heterocycles. The number of oxime groups is 1. The number of tetrazole rings is 1. The smallest absolute Gasteiger partial charge is 0.338 e. The molecule has 32 heavy (non-hydrogen) atoms. The number of aromatic nitrogens is 4. The number of halogens is 3. The van der Waals surface area contributed by atoms with Gasteiger partial charge in [-0.05, 0) is 54.8 Å². The summed E-state index contributed by atoms with van der Waals surface area (Å²) in [4.78, 5) is 21.2. The van der Waals surface area contributed by atoms with Gasteiger partial charge in [0.15, 0.2) is 0 Å². The van der Waals surface area contributed by atoms with E-state index in [4.69, 9.17) is 39.6 Å². The molecule has 166 valence electrons. The van der Waals surface area contributed by atoms with Crippen LogP contribution < -0.4 is 4.90 Å². The molecule has 0 atom stereocenters. The van der Waals surface area contributed by atoms with Gasteiger partial charge in [-0.3, -0.25) is 0 Å². The molecule has 0 bridgehead atoms. The summed E-state index contributed by atoms with van der Waals surface area (Å²) in [5.41, 5.74) is 1.27. The quantitative estimate of drug-likeness (QED) is 0.276. The van der Waals surface area contributed by atoms with Crippen molar-refractivity contribution in [3.05, 3.63) is 68.7 Å². The number of carbonyl (C=O) groups is 1. The summed E-state index contributed by atoms with van der Waals surface area (Å²) in [6, 6.07) is 11.5. The van der Waals surface area contributed by atoms with Gasteiger partial charge in [-0.25, -0.2) is 4.79 Å². The monoisotopic (exact) mass is 492 g/mol. The summed E-state index contributed by atoms with van der Waals surface area (Å²) >= 11 is 18.0. The molecule has 11 heteroatoms. The number of rotatable bonds is 6. The first-order chi connectivity index (χ1) is 15.5. The fraction of sp³-hybridized carbons (Fsp3) is 0.286.